The maximum atomic E-state index is 4.19. The van der Waals surface area contributed by atoms with E-state index in [1.54, 1.807) is 6.33 Å². The van der Waals surface area contributed by atoms with Crippen LogP contribution >= 0.6 is 0 Å². The highest BCUT2D eigenvalue weighted by Crippen LogP contribution is 2.08. The van der Waals surface area contributed by atoms with Crippen molar-refractivity contribution in [2.45, 2.75) is 33.6 Å². The second-order valence-electron chi connectivity index (χ2n) is 2.60. The highest BCUT2D eigenvalue weighted by molar-refractivity contribution is 5.22. The molecule has 0 atom stereocenters. The van der Waals surface area contributed by atoms with Gasteiger partial charge in [0.1, 0.15) is 6.33 Å². The molecule has 2 nitrogen and oxygen atoms in total. The SMILES string of the molecule is CCc1ncnc(CC)c1C. The van der Waals surface area contributed by atoms with Crippen molar-refractivity contribution >= 4 is 0 Å². The maximum absolute atomic E-state index is 4.19. The van der Waals surface area contributed by atoms with Crippen LogP contribution < -0.4 is 0 Å². The van der Waals surface area contributed by atoms with Gasteiger partial charge in [-0.2, -0.15) is 0 Å². The van der Waals surface area contributed by atoms with Gasteiger partial charge >= 0.3 is 0 Å². The average molecular weight is 150 g/mol. The minimum atomic E-state index is 1.00. The second kappa shape index (κ2) is 3.46. The molecule has 0 aliphatic heterocycles. The topological polar surface area (TPSA) is 25.8 Å². The Balaban J connectivity index is 3.10. The molecule has 0 aliphatic carbocycles. The average Bonchev–Trinajstić information content (AvgIpc) is 2.05. The summed E-state index contributed by atoms with van der Waals surface area (Å²) in [5.41, 5.74) is 3.62. The van der Waals surface area contributed by atoms with Crippen LogP contribution in [0.1, 0.15) is 30.8 Å². The molecule has 0 radical (unpaired) electrons. The molecule has 0 spiro atoms. The molecule has 60 valence electrons. The summed E-state index contributed by atoms with van der Waals surface area (Å²) in [6.07, 6.45) is 3.66. The largest absolute Gasteiger partial charge is 0.241 e. The molecule has 1 aromatic heterocycles. The molecule has 0 saturated carbocycles. The van der Waals surface area contributed by atoms with Crippen LogP contribution in [-0.2, 0) is 12.8 Å². The molecule has 11 heavy (non-hydrogen) atoms. The minimum Gasteiger partial charge on any atom is -0.241 e. The van der Waals surface area contributed by atoms with Crippen molar-refractivity contribution in [1.29, 1.82) is 0 Å². The molecule has 0 aromatic carbocycles. The van der Waals surface area contributed by atoms with Gasteiger partial charge in [-0.3, -0.25) is 0 Å². The zero-order valence-electron chi connectivity index (χ0n) is 7.39. The van der Waals surface area contributed by atoms with Gasteiger partial charge in [-0.25, -0.2) is 9.97 Å². The number of nitrogens with zero attached hydrogens (tertiary/aromatic N) is 2. The van der Waals surface area contributed by atoms with Crippen molar-refractivity contribution in [1.82, 2.24) is 9.97 Å². The molecule has 0 amide bonds. The van der Waals surface area contributed by atoms with Crippen LogP contribution in [0, 0.1) is 6.92 Å². The van der Waals surface area contributed by atoms with E-state index in [-0.39, 0.29) is 0 Å². The van der Waals surface area contributed by atoms with E-state index in [9.17, 15) is 0 Å². The predicted molar refractivity (Wildman–Crippen MR) is 45.5 cm³/mol. The molecule has 2 heteroatoms. The summed E-state index contributed by atoms with van der Waals surface area (Å²) in [7, 11) is 0. The first-order valence-corrected chi connectivity index (χ1v) is 4.08. The Morgan fingerprint density at radius 3 is 1.91 bits per heavy atom. The fraction of sp³-hybridized carbons (Fsp3) is 0.556. The Hall–Kier alpha value is -0.920. The first-order valence-electron chi connectivity index (χ1n) is 4.08. The molecule has 1 heterocycles. The lowest BCUT2D eigenvalue weighted by molar-refractivity contribution is 0.905. The van der Waals surface area contributed by atoms with Crippen LogP contribution in [0.25, 0.3) is 0 Å². The Morgan fingerprint density at radius 2 is 1.55 bits per heavy atom. The molecule has 1 rings (SSSR count). The highest BCUT2D eigenvalue weighted by Gasteiger charge is 2.01. The molecular formula is C9H14N2. The lowest BCUT2D eigenvalue weighted by Crippen LogP contribution is -1.99. The van der Waals surface area contributed by atoms with Crippen LogP contribution in [0.2, 0.25) is 0 Å². The Morgan fingerprint density at radius 1 is 1.09 bits per heavy atom. The summed E-state index contributed by atoms with van der Waals surface area (Å²) >= 11 is 0. The molecule has 0 N–H and O–H groups in total. The van der Waals surface area contributed by atoms with Gasteiger partial charge in [0.2, 0.25) is 0 Å². The molecule has 0 aliphatic rings. The van der Waals surface area contributed by atoms with E-state index in [0.29, 0.717) is 0 Å². The Bertz CT molecular complexity index is 221. The van der Waals surface area contributed by atoms with Gasteiger partial charge in [-0.05, 0) is 25.3 Å². The summed E-state index contributed by atoms with van der Waals surface area (Å²) in [6.45, 7) is 6.33. The van der Waals surface area contributed by atoms with Crippen molar-refractivity contribution in [2.24, 2.45) is 0 Å². The minimum absolute atomic E-state index is 1.00. The fourth-order valence-corrected chi connectivity index (χ4v) is 1.24. The monoisotopic (exact) mass is 150 g/mol. The van der Waals surface area contributed by atoms with Gasteiger partial charge in [-0.15, -0.1) is 0 Å². The van der Waals surface area contributed by atoms with Gasteiger partial charge < -0.3 is 0 Å². The van der Waals surface area contributed by atoms with Gasteiger partial charge in [0.25, 0.3) is 0 Å². The van der Waals surface area contributed by atoms with Crippen molar-refractivity contribution in [2.75, 3.05) is 0 Å². The highest BCUT2D eigenvalue weighted by atomic mass is 14.8. The number of rotatable bonds is 2. The molecule has 0 fully saturated rings. The van der Waals surface area contributed by atoms with Gasteiger partial charge in [-0.1, -0.05) is 13.8 Å². The van der Waals surface area contributed by atoms with E-state index >= 15 is 0 Å². The lowest BCUT2D eigenvalue weighted by Gasteiger charge is -2.04. The first-order chi connectivity index (χ1) is 5.29. The van der Waals surface area contributed by atoms with Crippen molar-refractivity contribution in [3.63, 3.8) is 0 Å². The van der Waals surface area contributed by atoms with Crippen molar-refractivity contribution < 1.29 is 0 Å². The summed E-state index contributed by atoms with van der Waals surface area (Å²) in [4.78, 5) is 8.39. The first kappa shape index (κ1) is 8.18. The third-order valence-corrected chi connectivity index (χ3v) is 1.96. The quantitative estimate of drug-likeness (QED) is 0.643. The van der Waals surface area contributed by atoms with Crippen LogP contribution in [0.5, 0.6) is 0 Å². The smallest absolute Gasteiger partial charge is 0.115 e. The normalized spacial score (nSPS) is 10.1. The second-order valence-corrected chi connectivity index (χ2v) is 2.60. The number of hydrogen-bond acceptors (Lipinski definition) is 2. The summed E-state index contributed by atoms with van der Waals surface area (Å²) in [5, 5.41) is 0. The van der Waals surface area contributed by atoms with E-state index in [2.05, 4.69) is 30.7 Å². The van der Waals surface area contributed by atoms with E-state index in [1.807, 2.05) is 0 Å². The van der Waals surface area contributed by atoms with Crippen LogP contribution in [-0.4, -0.2) is 9.97 Å². The standard InChI is InChI=1S/C9H14N2/c1-4-8-7(3)9(5-2)11-6-10-8/h6H,4-5H2,1-3H3. The zero-order chi connectivity index (χ0) is 8.27. The van der Waals surface area contributed by atoms with E-state index in [4.69, 9.17) is 0 Å². The van der Waals surface area contributed by atoms with Crippen LogP contribution in [0.15, 0.2) is 6.33 Å². The fourth-order valence-electron chi connectivity index (χ4n) is 1.24. The van der Waals surface area contributed by atoms with Crippen molar-refractivity contribution in [3.05, 3.63) is 23.3 Å². The number of hydrogen-bond donors (Lipinski definition) is 0. The van der Waals surface area contributed by atoms with Crippen LogP contribution in [0.3, 0.4) is 0 Å². The zero-order valence-corrected chi connectivity index (χ0v) is 7.39. The molecule has 0 unspecified atom stereocenters. The lowest BCUT2D eigenvalue weighted by atomic mass is 10.1. The molecule has 0 bridgehead atoms. The summed E-state index contributed by atoms with van der Waals surface area (Å²) < 4.78 is 0. The third kappa shape index (κ3) is 1.56. The van der Waals surface area contributed by atoms with E-state index < -0.39 is 0 Å². The summed E-state index contributed by atoms with van der Waals surface area (Å²) in [5.74, 6) is 0. The maximum Gasteiger partial charge on any atom is 0.115 e. The van der Waals surface area contributed by atoms with Gasteiger partial charge in [0, 0.05) is 11.4 Å². The van der Waals surface area contributed by atoms with E-state index in [0.717, 1.165) is 12.8 Å². The predicted octanol–water partition coefficient (Wildman–Crippen LogP) is 1.91. The van der Waals surface area contributed by atoms with Gasteiger partial charge in [0.15, 0.2) is 0 Å². The Labute approximate surface area is 67.7 Å². The molecule has 0 saturated heterocycles. The Kier molecular flexibility index (Phi) is 2.58. The molecular weight excluding hydrogens is 136 g/mol. The van der Waals surface area contributed by atoms with Crippen LogP contribution in [0.4, 0.5) is 0 Å². The third-order valence-electron chi connectivity index (χ3n) is 1.96. The van der Waals surface area contributed by atoms with Crippen molar-refractivity contribution in [3.8, 4) is 0 Å². The van der Waals surface area contributed by atoms with Gasteiger partial charge in [0.05, 0.1) is 0 Å². The molecule has 1 aromatic rings. The summed E-state index contributed by atoms with van der Waals surface area (Å²) in [6, 6.07) is 0. The van der Waals surface area contributed by atoms with E-state index in [1.165, 1.54) is 17.0 Å². The number of aryl methyl sites for hydroxylation is 2. The number of aromatic nitrogens is 2.